The summed E-state index contributed by atoms with van der Waals surface area (Å²) >= 11 is 0. The molecule has 0 aliphatic rings. The summed E-state index contributed by atoms with van der Waals surface area (Å²) in [5.74, 6) is 0. The lowest BCUT2D eigenvalue weighted by Crippen LogP contribution is -1.98. The van der Waals surface area contributed by atoms with Crippen LogP contribution in [-0.2, 0) is 0 Å². The lowest BCUT2D eigenvalue weighted by atomic mass is 10.2. The van der Waals surface area contributed by atoms with Gasteiger partial charge in [-0.1, -0.05) is 26.2 Å². The monoisotopic (exact) mass is 294 g/mol. The van der Waals surface area contributed by atoms with Gasteiger partial charge in [0.25, 0.3) is 5.69 Å². The van der Waals surface area contributed by atoms with Gasteiger partial charge >= 0.3 is 5.69 Å². The third-order valence-corrected chi connectivity index (χ3v) is 2.85. The van der Waals surface area contributed by atoms with E-state index >= 15 is 0 Å². The molecule has 0 bridgehead atoms. The van der Waals surface area contributed by atoms with Gasteiger partial charge in [0, 0.05) is 12.3 Å². The average Bonchev–Trinajstić information content (AvgIpc) is 2.46. The molecule has 8 nitrogen and oxygen atoms in total. The van der Waals surface area contributed by atoms with E-state index in [0.717, 1.165) is 31.7 Å². The number of non-ortho nitro benzene ring substituents is 1. The van der Waals surface area contributed by atoms with E-state index in [1.165, 1.54) is 18.6 Å². The molecule has 0 atom stereocenters. The molecule has 114 valence electrons. The third kappa shape index (κ3) is 5.55. The summed E-state index contributed by atoms with van der Waals surface area (Å²) < 4.78 is 0. The summed E-state index contributed by atoms with van der Waals surface area (Å²) in [6.07, 6.45) is 6.91. The van der Waals surface area contributed by atoms with Crippen LogP contribution in [0.4, 0.5) is 17.1 Å². The maximum atomic E-state index is 10.9. The molecular weight excluding hydrogens is 276 g/mol. The van der Waals surface area contributed by atoms with E-state index < -0.39 is 9.85 Å². The van der Waals surface area contributed by atoms with Gasteiger partial charge in [-0.3, -0.25) is 25.7 Å². The van der Waals surface area contributed by atoms with Crippen LogP contribution in [0.1, 0.15) is 39.0 Å². The highest BCUT2D eigenvalue weighted by Gasteiger charge is 2.18. The minimum absolute atomic E-state index is 0.135. The number of benzene rings is 1. The Morgan fingerprint density at radius 3 is 2.57 bits per heavy atom. The molecule has 1 aromatic carbocycles. The highest BCUT2D eigenvalue weighted by molar-refractivity contribution is 5.67. The molecule has 0 saturated carbocycles. The summed E-state index contributed by atoms with van der Waals surface area (Å²) in [4.78, 5) is 20.2. The highest BCUT2D eigenvalue weighted by atomic mass is 16.6. The Balaban J connectivity index is 2.64. The van der Waals surface area contributed by atoms with E-state index in [9.17, 15) is 20.2 Å². The number of anilines is 1. The van der Waals surface area contributed by atoms with Gasteiger partial charge in [-0.25, -0.2) is 0 Å². The predicted octanol–water partition coefficient (Wildman–Crippen LogP) is 3.87. The Kier molecular flexibility index (Phi) is 6.79. The molecule has 1 rings (SSSR count). The molecule has 0 heterocycles. The van der Waals surface area contributed by atoms with Crippen LogP contribution in [0.5, 0.6) is 0 Å². The molecule has 0 aliphatic heterocycles. The highest BCUT2D eigenvalue weighted by Crippen LogP contribution is 2.28. The first-order valence-electron chi connectivity index (χ1n) is 6.76. The fourth-order valence-electron chi connectivity index (χ4n) is 1.72. The van der Waals surface area contributed by atoms with Crippen LogP contribution in [-0.4, -0.2) is 16.1 Å². The number of hydrazone groups is 1. The largest absolute Gasteiger partial charge is 0.301 e. The number of nitrogens with one attached hydrogen (secondary N) is 1. The molecule has 1 aromatic rings. The zero-order valence-electron chi connectivity index (χ0n) is 11.8. The molecule has 0 radical (unpaired) electrons. The topological polar surface area (TPSA) is 111 Å². The van der Waals surface area contributed by atoms with Crippen molar-refractivity contribution in [2.75, 3.05) is 5.43 Å². The summed E-state index contributed by atoms with van der Waals surface area (Å²) in [5, 5.41) is 25.4. The molecule has 0 unspecified atom stereocenters. The normalized spacial score (nSPS) is 10.7. The standard InChI is InChI=1S/C13H18N4O4/c1-2-3-4-5-6-9-14-15-12-8-7-11(16(18)19)10-13(12)17(20)21/h7-10,15H,2-6H2,1H3. The minimum Gasteiger partial charge on any atom is -0.272 e. The molecule has 1 N–H and O–H groups in total. The molecule has 21 heavy (non-hydrogen) atoms. The Hall–Kier alpha value is -2.51. The van der Waals surface area contributed by atoms with Gasteiger partial charge in [0.15, 0.2) is 0 Å². The van der Waals surface area contributed by atoms with Crippen LogP contribution in [0, 0.1) is 20.2 Å². The number of rotatable bonds is 9. The second-order valence-electron chi connectivity index (χ2n) is 4.49. The zero-order chi connectivity index (χ0) is 15.7. The van der Waals surface area contributed by atoms with Gasteiger partial charge < -0.3 is 0 Å². The Bertz CT molecular complexity index is 531. The molecule has 0 aliphatic carbocycles. The van der Waals surface area contributed by atoms with E-state index in [0.29, 0.717) is 0 Å². The van der Waals surface area contributed by atoms with Crippen molar-refractivity contribution in [2.45, 2.75) is 39.0 Å². The Labute approximate surface area is 122 Å². The van der Waals surface area contributed by atoms with Crippen LogP contribution in [0.15, 0.2) is 23.3 Å². The summed E-state index contributed by atoms with van der Waals surface area (Å²) in [5.41, 5.74) is 2.00. The molecule has 0 saturated heterocycles. The van der Waals surface area contributed by atoms with Gasteiger partial charge in [-0.05, 0) is 18.9 Å². The van der Waals surface area contributed by atoms with E-state index in [4.69, 9.17) is 0 Å². The van der Waals surface area contributed by atoms with Crippen molar-refractivity contribution in [3.05, 3.63) is 38.4 Å². The lowest BCUT2D eigenvalue weighted by Gasteiger charge is -2.01. The molecule has 0 amide bonds. The van der Waals surface area contributed by atoms with Crippen molar-refractivity contribution in [2.24, 2.45) is 5.10 Å². The SMILES string of the molecule is CCCCCCC=NNc1ccc([N+](=O)[O-])cc1[N+](=O)[O-]. The molecule has 0 aromatic heterocycles. The van der Waals surface area contributed by atoms with Crippen molar-refractivity contribution in [1.29, 1.82) is 0 Å². The second kappa shape index (κ2) is 8.62. The summed E-state index contributed by atoms with van der Waals surface area (Å²) in [6.45, 7) is 2.13. The number of unbranched alkanes of at least 4 members (excludes halogenated alkanes) is 4. The number of hydrogen-bond donors (Lipinski definition) is 1. The fourth-order valence-corrected chi connectivity index (χ4v) is 1.72. The van der Waals surface area contributed by atoms with Crippen LogP contribution in [0.3, 0.4) is 0 Å². The van der Waals surface area contributed by atoms with E-state index in [-0.39, 0.29) is 17.1 Å². The average molecular weight is 294 g/mol. The molecule has 0 fully saturated rings. The van der Waals surface area contributed by atoms with Crippen LogP contribution < -0.4 is 5.43 Å². The first kappa shape index (κ1) is 16.5. The van der Waals surface area contributed by atoms with E-state index in [2.05, 4.69) is 17.5 Å². The van der Waals surface area contributed by atoms with Crippen LogP contribution >= 0.6 is 0 Å². The second-order valence-corrected chi connectivity index (χ2v) is 4.49. The maximum Gasteiger partial charge on any atom is 0.301 e. The van der Waals surface area contributed by atoms with Gasteiger partial charge in [-0.15, -0.1) is 0 Å². The number of hydrogen-bond acceptors (Lipinski definition) is 6. The predicted molar refractivity (Wildman–Crippen MR) is 80.6 cm³/mol. The van der Waals surface area contributed by atoms with Crippen LogP contribution in [0.2, 0.25) is 0 Å². The quantitative estimate of drug-likeness (QED) is 0.321. The van der Waals surface area contributed by atoms with Crippen molar-refractivity contribution in [3.8, 4) is 0 Å². The Morgan fingerprint density at radius 1 is 1.19 bits per heavy atom. The first-order chi connectivity index (χ1) is 10.1. The van der Waals surface area contributed by atoms with Crippen molar-refractivity contribution in [3.63, 3.8) is 0 Å². The number of nitro benzene ring substituents is 2. The smallest absolute Gasteiger partial charge is 0.272 e. The fraction of sp³-hybridized carbons (Fsp3) is 0.462. The zero-order valence-corrected chi connectivity index (χ0v) is 11.8. The van der Waals surface area contributed by atoms with Crippen molar-refractivity contribution in [1.82, 2.24) is 0 Å². The molecule has 0 spiro atoms. The van der Waals surface area contributed by atoms with Gasteiger partial charge in [0.05, 0.1) is 15.9 Å². The van der Waals surface area contributed by atoms with Gasteiger partial charge in [0.2, 0.25) is 0 Å². The number of nitrogens with zero attached hydrogens (tertiary/aromatic N) is 3. The Morgan fingerprint density at radius 2 is 1.95 bits per heavy atom. The summed E-state index contributed by atoms with van der Waals surface area (Å²) in [6, 6.07) is 3.40. The first-order valence-corrected chi connectivity index (χ1v) is 6.76. The lowest BCUT2D eigenvalue weighted by molar-refractivity contribution is -0.393. The minimum atomic E-state index is -0.675. The molecular formula is C13H18N4O4. The van der Waals surface area contributed by atoms with Gasteiger partial charge in [0.1, 0.15) is 5.69 Å². The van der Waals surface area contributed by atoms with Crippen molar-refractivity contribution < 1.29 is 9.85 Å². The number of nitro groups is 2. The van der Waals surface area contributed by atoms with Crippen LogP contribution in [0.25, 0.3) is 0 Å². The molecule has 8 heteroatoms. The van der Waals surface area contributed by atoms with Crippen molar-refractivity contribution >= 4 is 23.3 Å². The maximum absolute atomic E-state index is 10.9. The third-order valence-electron chi connectivity index (χ3n) is 2.85. The summed E-state index contributed by atoms with van der Waals surface area (Å²) in [7, 11) is 0. The van der Waals surface area contributed by atoms with E-state index in [1.807, 2.05) is 0 Å². The van der Waals surface area contributed by atoms with Gasteiger partial charge in [-0.2, -0.15) is 5.10 Å². The van der Waals surface area contributed by atoms with E-state index in [1.54, 1.807) is 6.21 Å².